The minimum Gasteiger partial charge on any atom is -0.315 e. The number of hydrogen-bond donors (Lipinski definition) is 1. The van der Waals surface area contributed by atoms with Gasteiger partial charge in [0.15, 0.2) is 0 Å². The third-order valence-electron chi connectivity index (χ3n) is 1.91. The first kappa shape index (κ1) is 8.29. The molecule has 1 aliphatic heterocycles. The van der Waals surface area contributed by atoms with Gasteiger partial charge in [0, 0.05) is 31.8 Å². The molecule has 1 rings (SSSR count). The summed E-state index contributed by atoms with van der Waals surface area (Å²) < 4.78 is 0. The lowest BCUT2D eigenvalue weighted by atomic mass is 9.95. The van der Waals surface area contributed by atoms with Crippen molar-refractivity contribution in [2.45, 2.75) is 19.8 Å². The average Bonchev–Trinajstić information content (AvgIpc) is 1.84. The molecule has 1 N–H and O–H groups in total. The van der Waals surface area contributed by atoms with Crippen LogP contribution < -0.4 is 5.32 Å². The Labute approximate surface area is 67.4 Å². The first-order valence-corrected chi connectivity index (χ1v) is 3.97. The predicted molar refractivity (Wildman–Crippen MR) is 44.1 cm³/mol. The second-order valence-electron chi connectivity index (χ2n) is 2.75. The van der Waals surface area contributed by atoms with Crippen molar-refractivity contribution in [3.8, 4) is 11.8 Å². The Morgan fingerprint density at radius 1 is 1.64 bits per heavy atom. The van der Waals surface area contributed by atoms with Crippen LogP contribution >= 0.6 is 0 Å². The third kappa shape index (κ3) is 2.36. The SMILES string of the molecule is CC#CCCC(=O)C1CNC1. The van der Waals surface area contributed by atoms with E-state index in [-0.39, 0.29) is 5.92 Å². The molecule has 0 spiro atoms. The number of nitrogens with one attached hydrogen (secondary N) is 1. The maximum atomic E-state index is 11.2. The average molecular weight is 151 g/mol. The van der Waals surface area contributed by atoms with Crippen molar-refractivity contribution in [3.05, 3.63) is 0 Å². The quantitative estimate of drug-likeness (QED) is 0.598. The standard InChI is InChI=1S/C9H13NO/c1-2-3-4-5-9(11)8-6-10-7-8/h8,10H,4-7H2,1H3. The summed E-state index contributed by atoms with van der Waals surface area (Å²) in [4.78, 5) is 11.2. The number of rotatable bonds is 3. The lowest BCUT2D eigenvalue weighted by Crippen LogP contribution is -2.46. The highest BCUT2D eigenvalue weighted by Gasteiger charge is 2.23. The van der Waals surface area contributed by atoms with Gasteiger partial charge in [-0.15, -0.1) is 11.8 Å². The Hall–Kier alpha value is -0.810. The Morgan fingerprint density at radius 3 is 2.82 bits per heavy atom. The van der Waals surface area contributed by atoms with Crippen molar-refractivity contribution < 1.29 is 4.79 Å². The fourth-order valence-electron chi connectivity index (χ4n) is 1.03. The summed E-state index contributed by atoms with van der Waals surface area (Å²) in [7, 11) is 0. The van der Waals surface area contributed by atoms with Crippen LogP contribution in [0.3, 0.4) is 0 Å². The van der Waals surface area contributed by atoms with E-state index in [2.05, 4.69) is 17.2 Å². The number of ketones is 1. The van der Waals surface area contributed by atoms with Gasteiger partial charge in [-0.2, -0.15) is 0 Å². The van der Waals surface area contributed by atoms with Crippen molar-refractivity contribution in [2.75, 3.05) is 13.1 Å². The van der Waals surface area contributed by atoms with Crippen LogP contribution in [0, 0.1) is 17.8 Å². The fraction of sp³-hybridized carbons (Fsp3) is 0.667. The van der Waals surface area contributed by atoms with E-state index >= 15 is 0 Å². The summed E-state index contributed by atoms with van der Waals surface area (Å²) in [6.07, 6.45) is 1.36. The molecule has 0 saturated carbocycles. The van der Waals surface area contributed by atoms with Crippen molar-refractivity contribution in [1.82, 2.24) is 5.32 Å². The van der Waals surface area contributed by atoms with Gasteiger partial charge in [0.2, 0.25) is 0 Å². The molecule has 1 fully saturated rings. The molecule has 1 saturated heterocycles. The van der Waals surface area contributed by atoms with Crippen LogP contribution in [0.5, 0.6) is 0 Å². The Morgan fingerprint density at radius 2 is 2.36 bits per heavy atom. The normalized spacial score (nSPS) is 16.5. The van der Waals surface area contributed by atoms with E-state index in [9.17, 15) is 4.79 Å². The van der Waals surface area contributed by atoms with E-state index in [4.69, 9.17) is 0 Å². The van der Waals surface area contributed by atoms with Gasteiger partial charge in [0.05, 0.1) is 0 Å². The Bertz CT molecular complexity index is 195. The molecule has 11 heavy (non-hydrogen) atoms. The van der Waals surface area contributed by atoms with Gasteiger partial charge in [-0.1, -0.05) is 0 Å². The summed E-state index contributed by atoms with van der Waals surface area (Å²) in [5.74, 6) is 6.32. The molecule has 0 aromatic heterocycles. The van der Waals surface area contributed by atoms with E-state index in [0.717, 1.165) is 19.5 Å². The van der Waals surface area contributed by atoms with E-state index in [1.165, 1.54) is 0 Å². The van der Waals surface area contributed by atoms with Gasteiger partial charge in [0.1, 0.15) is 5.78 Å². The molecule has 0 aromatic rings. The zero-order chi connectivity index (χ0) is 8.10. The first-order valence-electron chi connectivity index (χ1n) is 3.97. The van der Waals surface area contributed by atoms with Crippen LogP contribution in [0.25, 0.3) is 0 Å². The summed E-state index contributed by atoms with van der Waals surface area (Å²) in [6, 6.07) is 0. The minimum absolute atomic E-state index is 0.286. The molecule has 2 nitrogen and oxygen atoms in total. The Kier molecular flexibility index (Phi) is 3.13. The van der Waals surface area contributed by atoms with Crippen LogP contribution in [0.4, 0.5) is 0 Å². The maximum absolute atomic E-state index is 11.2. The summed E-state index contributed by atoms with van der Waals surface area (Å²) in [5, 5.41) is 3.08. The molecule has 0 amide bonds. The molecule has 0 aromatic carbocycles. The van der Waals surface area contributed by atoms with Gasteiger partial charge in [-0.05, 0) is 6.92 Å². The minimum atomic E-state index is 0.286. The molecular formula is C9H13NO. The molecule has 60 valence electrons. The summed E-state index contributed by atoms with van der Waals surface area (Å²) in [5.41, 5.74) is 0. The van der Waals surface area contributed by atoms with E-state index in [1.54, 1.807) is 6.92 Å². The highest BCUT2D eigenvalue weighted by atomic mass is 16.1. The maximum Gasteiger partial charge on any atom is 0.139 e. The van der Waals surface area contributed by atoms with Crippen molar-refractivity contribution in [1.29, 1.82) is 0 Å². The molecule has 2 heteroatoms. The largest absolute Gasteiger partial charge is 0.315 e. The number of carbonyl (C=O) groups is 1. The van der Waals surface area contributed by atoms with Crippen molar-refractivity contribution in [2.24, 2.45) is 5.92 Å². The molecule has 0 aliphatic carbocycles. The first-order chi connectivity index (χ1) is 5.34. The van der Waals surface area contributed by atoms with E-state index in [0.29, 0.717) is 12.2 Å². The smallest absolute Gasteiger partial charge is 0.139 e. The van der Waals surface area contributed by atoms with E-state index < -0.39 is 0 Å². The zero-order valence-corrected chi connectivity index (χ0v) is 6.81. The van der Waals surface area contributed by atoms with Crippen LogP contribution in [0.15, 0.2) is 0 Å². The molecule has 1 heterocycles. The van der Waals surface area contributed by atoms with Gasteiger partial charge in [-0.25, -0.2) is 0 Å². The zero-order valence-electron chi connectivity index (χ0n) is 6.81. The van der Waals surface area contributed by atoms with Crippen LogP contribution in [-0.2, 0) is 4.79 Å². The second-order valence-corrected chi connectivity index (χ2v) is 2.75. The lowest BCUT2D eigenvalue weighted by molar-refractivity contribution is -0.124. The van der Waals surface area contributed by atoms with Crippen molar-refractivity contribution in [3.63, 3.8) is 0 Å². The molecule has 0 atom stereocenters. The van der Waals surface area contributed by atoms with Crippen LogP contribution in [-0.4, -0.2) is 18.9 Å². The van der Waals surface area contributed by atoms with Gasteiger partial charge >= 0.3 is 0 Å². The molecule has 0 unspecified atom stereocenters. The summed E-state index contributed by atoms with van der Waals surface area (Å²) >= 11 is 0. The second kappa shape index (κ2) is 4.15. The molecule has 0 bridgehead atoms. The highest BCUT2D eigenvalue weighted by molar-refractivity contribution is 5.82. The van der Waals surface area contributed by atoms with E-state index in [1.807, 2.05) is 0 Å². The molecule has 0 radical (unpaired) electrons. The topological polar surface area (TPSA) is 29.1 Å². The monoisotopic (exact) mass is 151 g/mol. The molecule has 1 aliphatic rings. The Balaban J connectivity index is 2.13. The fourth-order valence-corrected chi connectivity index (χ4v) is 1.03. The predicted octanol–water partition coefficient (Wildman–Crippen LogP) is 0.578. The van der Waals surface area contributed by atoms with Crippen LogP contribution in [0.1, 0.15) is 19.8 Å². The van der Waals surface area contributed by atoms with Crippen LogP contribution in [0.2, 0.25) is 0 Å². The van der Waals surface area contributed by atoms with Crippen molar-refractivity contribution >= 4 is 5.78 Å². The number of carbonyl (C=O) groups excluding carboxylic acids is 1. The number of Topliss-reactive ketones (excluding diaryl/α,β-unsaturated/α-hetero) is 1. The third-order valence-corrected chi connectivity index (χ3v) is 1.91. The van der Waals surface area contributed by atoms with Gasteiger partial charge < -0.3 is 5.32 Å². The molecular weight excluding hydrogens is 138 g/mol. The van der Waals surface area contributed by atoms with Gasteiger partial charge in [-0.3, -0.25) is 4.79 Å². The number of hydrogen-bond acceptors (Lipinski definition) is 2. The lowest BCUT2D eigenvalue weighted by Gasteiger charge is -2.25. The highest BCUT2D eigenvalue weighted by Crippen LogP contribution is 2.07. The van der Waals surface area contributed by atoms with Gasteiger partial charge in [0.25, 0.3) is 0 Å². The summed E-state index contributed by atoms with van der Waals surface area (Å²) in [6.45, 7) is 3.55.